The summed E-state index contributed by atoms with van der Waals surface area (Å²) in [5, 5.41) is 9.91. The average molecular weight is 219 g/mol. The van der Waals surface area contributed by atoms with Crippen LogP contribution in [0.5, 0.6) is 0 Å². The SMILES string of the molecule is CC[C@@H]1[C@@H]([C@@H](O)CC)N1Cc1ccccc1. The van der Waals surface area contributed by atoms with Gasteiger partial charge in [0.15, 0.2) is 0 Å². The number of rotatable bonds is 5. The van der Waals surface area contributed by atoms with Crippen molar-refractivity contribution in [2.75, 3.05) is 0 Å². The van der Waals surface area contributed by atoms with Crippen molar-refractivity contribution in [3.63, 3.8) is 0 Å². The predicted octanol–water partition coefficient (Wildman–Crippen LogP) is 2.42. The summed E-state index contributed by atoms with van der Waals surface area (Å²) >= 11 is 0. The van der Waals surface area contributed by atoms with Crippen LogP contribution in [0.4, 0.5) is 0 Å². The standard InChI is InChI=1S/C14H21NO/c1-3-12-14(13(16)4-2)15(12)10-11-8-6-5-7-9-11/h5-9,12-14,16H,3-4,10H2,1-2H3/t12-,13+,14+,15?/m1/s1. The van der Waals surface area contributed by atoms with Crippen LogP contribution in [0.25, 0.3) is 0 Å². The minimum Gasteiger partial charge on any atom is -0.391 e. The second kappa shape index (κ2) is 4.98. The Kier molecular flexibility index (Phi) is 3.62. The van der Waals surface area contributed by atoms with Gasteiger partial charge in [-0.25, -0.2) is 0 Å². The van der Waals surface area contributed by atoms with Gasteiger partial charge in [0.05, 0.1) is 12.1 Å². The van der Waals surface area contributed by atoms with Crippen LogP contribution in [0.2, 0.25) is 0 Å². The van der Waals surface area contributed by atoms with E-state index in [9.17, 15) is 5.11 Å². The van der Waals surface area contributed by atoms with Crippen molar-refractivity contribution in [3.8, 4) is 0 Å². The molecule has 1 aromatic carbocycles. The van der Waals surface area contributed by atoms with Crippen LogP contribution in [0.3, 0.4) is 0 Å². The van der Waals surface area contributed by atoms with Crippen LogP contribution in [0, 0.1) is 0 Å². The Labute approximate surface area is 97.9 Å². The molecule has 2 rings (SSSR count). The van der Waals surface area contributed by atoms with Gasteiger partial charge in [0.2, 0.25) is 0 Å². The minimum atomic E-state index is -0.159. The highest BCUT2D eigenvalue weighted by atomic mass is 16.3. The molecule has 1 saturated heterocycles. The first kappa shape index (κ1) is 11.6. The van der Waals surface area contributed by atoms with Gasteiger partial charge in [-0.3, -0.25) is 4.90 Å². The Hall–Kier alpha value is -0.860. The zero-order valence-electron chi connectivity index (χ0n) is 10.1. The monoisotopic (exact) mass is 219 g/mol. The maximum absolute atomic E-state index is 9.91. The van der Waals surface area contributed by atoms with Crippen molar-refractivity contribution in [1.82, 2.24) is 4.90 Å². The van der Waals surface area contributed by atoms with E-state index >= 15 is 0 Å². The van der Waals surface area contributed by atoms with E-state index in [-0.39, 0.29) is 6.10 Å². The molecule has 1 aliphatic heterocycles. The molecule has 88 valence electrons. The Morgan fingerprint density at radius 1 is 1.25 bits per heavy atom. The number of aliphatic hydroxyl groups excluding tert-OH is 1. The van der Waals surface area contributed by atoms with E-state index in [2.05, 4.69) is 43.0 Å². The van der Waals surface area contributed by atoms with Crippen LogP contribution >= 0.6 is 0 Å². The predicted molar refractivity (Wildman–Crippen MR) is 66.1 cm³/mol. The molecule has 1 aliphatic rings. The van der Waals surface area contributed by atoms with E-state index in [1.54, 1.807) is 0 Å². The van der Waals surface area contributed by atoms with Crippen LogP contribution in [0.15, 0.2) is 30.3 Å². The van der Waals surface area contributed by atoms with Crippen molar-refractivity contribution < 1.29 is 5.11 Å². The summed E-state index contributed by atoms with van der Waals surface area (Å²) in [6, 6.07) is 11.5. The van der Waals surface area contributed by atoms with Crippen molar-refractivity contribution in [1.29, 1.82) is 0 Å². The number of nitrogens with zero attached hydrogens (tertiary/aromatic N) is 1. The van der Waals surface area contributed by atoms with Gasteiger partial charge < -0.3 is 5.11 Å². The molecule has 2 nitrogen and oxygen atoms in total. The molecule has 0 bridgehead atoms. The molecule has 0 saturated carbocycles. The zero-order chi connectivity index (χ0) is 11.5. The quantitative estimate of drug-likeness (QED) is 0.769. The highest BCUT2D eigenvalue weighted by Crippen LogP contribution is 2.36. The number of hydrogen-bond acceptors (Lipinski definition) is 2. The summed E-state index contributed by atoms with van der Waals surface area (Å²) in [6.45, 7) is 5.22. The molecule has 16 heavy (non-hydrogen) atoms. The summed E-state index contributed by atoms with van der Waals surface area (Å²) in [4.78, 5) is 2.41. The summed E-state index contributed by atoms with van der Waals surface area (Å²) in [7, 11) is 0. The summed E-state index contributed by atoms with van der Waals surface area (Å²) in [5.74, 6) is 0. The highest BCUT2D eigenvalue weighted by Gasteiger charge is 2.49. The first-order chi connectivity index (χ1) is 7.77. The van der Waals surface area contributed by atoms with E-state index in [0.29, 0.717) is 12.1 Å². The smallest absolute Gasteiger partial charge is 0.0708 e. The van der Waals surface area contributed by atoms with Gasteiger partial charge >= 0.3 is 0 Å². The second-order valence-electron chi connectivity index (χ2n) is 4.60. The molecule has 4 atom stereocenters. The van der Waals surface area contributed by atoms with Crippen LogP contribution < -0.4 is 0 Å². The molecule has 1 heterocycles. The van der Waals surface area contributed by atoms with Gasteiger partial charge in [0.25, 0.3) is 0 Å². The fourth-order valence-electron chi connectivity index (χ4n) is 2.57. The second-order valence-corrected chi connectivity index (χ2v) is 4.60. The molecule has 0 spiro atoms. The maximum Gasteiger partial charge on any atom is 0.0708 e. The minimum absolute atomic E-state index is 0.159. The Morgan fingerprint density at radius 2 is 1.94 bits per heavy atom. The molecular formula is C14H21NO. The maximum atomic E-state index is 9.91. The molecule has 1 aromatic rings. The van der Waals surface area contributed by atoms with Gasteiger partial charge in [0, 0.05) is 12.6 Å². The first-order valence-electron chi connectivity index (χ1n) is 6.25. The highest BCUT2D eigenvalue weighted by molar-refractivity contribution is 5.17. The number of aliphatic hydroxyl groups is 1. The van der Waals surface area contributed by atoms with Crippen LogP contribution in [0.1, 0.15) is 32.3 Å². The van der Waals surface area contributed by atoms with Gasteiger partial charge in [-0.05, 0) is 18.4 Å². The molecule has 1 N–H and O–H groups in total. The Morgan fingerprint density at radius 3 is 2.50 bits per heavy atom. The lowest BCUT2D eigenvalue weighted by atomic mass is 10.1. The molecule has 2 heteroatoms. The molecule has 1 fully saturated rings. The van der Waals surface area contributed by atoms with Gasteiger partial charge in [-0.2, -0.15) is 0 Å². The fourth-order valence-corrected chi connectivity index (χ4v) is 2.57. The van der Waals surface area contributed by atoms with Crippen LogP contribution in [-0.4, -0.2) is 28.2 Å². The van der Waals surface area contributed by atoms with E-state index in [0.717, 1.165) is 19.4 Å². The van der Waals surface area contributed by atoms with Gasteiger partial charge in [-0.1, -0.05) is 44.2 Å². The topological polar surface area (TPSA) is 23.2 Å². The largest absolute Gasteiger partial charge is 0.391 e. The summed E-state index contributed by atoms with van der Waals surface area (Å²) < 4.78 is 0. The van der Waals surface area contributed by atoms with Crippen molar-refractivity contribution in [2.24, 2.45) is 0 Å². The van der Waals surface area contributed by atoms with Crippen molar-refractivity contribution in [3.05, 3.63) is 35.9 Å². The third-order valence-corrected chi connectivity index (χ3v) is 3.55. The van der Waals surface area contributed by atoms with Gasteiger partial charge in [0.1, 0.15) is 0 Å². The lowest BCUT2D eigenvalue weighted by Gasteiger charge is -2.07. The lowest BCUT2D eigenvalue weighted by Crippen LogP contribution is -2.18. The first-order valence-corrected chi connectivity index (χ1v) is 6.25. The fraction of sp³-hybridized carbons (Fsp3) is 0.571. The Bertz CT molecular complexity index is 325. The number of benzene rings is 1. The third kappa shape index (κ3) is 2.28. The molecular weight excluding hydrogens is 198 g/mol. The van der Waals surface area contributed by atoms with E-state index in [4.69, 9.17) is 0 Å². The van der Waals surface area contributed by atoms with E-state index in [1.807, 2.05) is 6.07 Å². The average Bonchev–Trinajstić information content (AvgIpc) is 3.02. The van der Waals surface area contributed by atoms with E-state index < -0.39 is 0 Å². The summed E-state index contributed by atoms with van der Waals surface area (Å²) in [5.41, 5.74) is 1.34. The van der Waals surface area contributed by atoms with Crippen LogP contribution in [-0.2, 0) is 6.54 Å². The lowest BCUT2D eigenvalue weighted by molar-refractivity contribution is 0.150. The molecule has 0 radical (unpaired) electrons. The van der Waals surface area contributed by atoms with Crippen molar-refractivity contribution >= 4 is 0 Å². The number of hydrogen-bond donors (Lipinski definition) is 1. The summed E-state index contributed by atoms with van der Waals surface area (Å²) in [6.07, 6.45) is 1.83. The molecule has 0 amide bonds. The third-order valence-electron chi connectivity index (χ3n) is 3.55. The van der Waals surface area contributed by atoms with Crippen molar-refractivity contribution in [2.45, 2.75) is 51.4 Å². The molecule has 0 aromatic heterocycles. The Balaban J connectivity index is 1.96. The van der Waals surface area contributed by atoms with Gasteiger partial charge in [-0.15, -0.1) is 0 Å². The van der Waals surface area contributed by atoms with E-state index in [1.165, 1.54) is 5.56 Å². The molecule has 0 aliphatic carbocycles. The molecule has 1 unspecified atom stereocenters. The zero-order valence-corrected chi connectivity index (χ0v) is 10.1. The normalized spacial score (nSPS) is 30.1.